The maximum Gasteiger partial charge on any atom is 0.311 e. The van der Waals surface area contributed by atoms with Crippen molar-refractivity contribution < 1.29 is 14.3 Å². The van der Waals surface area contributed by atoms with Gasteiger partial charge in [0.1, 0.15) is 5.82 Å². The Bertz CT molecular complexity index is 553. The zero-order valence-corrected chi connectivity index (χ0v) is 10.7. The zero-order chi connectivity index (χ0) is 14.0. The van der Waals surface area contributed by atoms with E-state index in [9.17, 15) is 14.3 Å². The summed E-state index contributed by atoms with van der Waals surface area (Å²) in [4.78, 5) is 13.0. The summed E-state index contributed by atoms with van der Waals surface area (Å²) < 4.78 is 13.9. The number of halogens is 1. The molecule has 0 radical (unpaired) electrons. The standard InChI is InChI=1S/C14H15FN2O2/c1-14(13(18)19)5-2-6-17(9-14)12-4-3-10(8-16)7-11(12)15/h3-4,7H,2,5-6,9H2,1H3,(H,18,19). The minimum Gasteiger partial charge on any atom is -0.481 e. The van der Waals surface area contributed by atoms with Gasteiger partial charge in [0.05, 0.1) is 22.7 Å². The van der Waals surface area contributed by atoms with Gasteiger partial charge in [0.15, 0.2) is 0 Å². The molecule has 100 valence electrons. The third-order valence-electron chi connectivity index (χ3n) is 3.63. The molecule has 0 bridgehead atoms. The number of nitriles is 1. The lowest BCUT2D eigenvalue weighted by molar-refractivity contribution is -0.148. The molecule has 1 saturated heterocycles. The lowest BCUT2D eigenvalue weighted by atomic mass is 9.82. The fourth-order valence-electron chi connectivity index (χ4n) is 2.45. The average molecular weight is 262 g/mol. The van der Waals surface area contributed by atoms with Crippen LogP contribution in [0.2, 0.25) is 0 Å². The molecule has 1 fully saturated rings. The number of carbonyl (C=O) groups is 1. The van der Waals surface area contributed by atoms with E-state index in [1.165, 1.54) is 6.07 Å². The van der Waals surface area contributed by atoms with Crippen LogP contribution >= 0.6 is 0 Å². The van der Waals surface area contributed by atoms with Crippen LogP contribution in [0, 0.1) is 22.6 Å². The molecule has 5 heteroatoms. The SMILES string of the molecule is CC1(C(=O)O)CCCN(c2ccc(C#N)cc2F)C1. The highest BCUT2D eigenvalue weighted by Gasteiger charge is 2.38. The van der Waals surface area contributed by atoms with Crippen LogP contribution in [0.5, 0.6) is 0 Å². The monoisotopic (exact) mass is 262 g/mol. The van der Waals surface area contributed by atoms with Crippen molar-refractivity contribution in [1.29, 1.82) is 5.26 Å². The number of carboxylic acid groups (broad SMARTS) is 1. The molecule has 1 aromatic rings. The molecule has 1 aliphatic rings. The molecule has 1 N–H and O–H groups in total. The van der Waals surface area contributed by atoms with Gasteiger partial charge in [-0.15, -0.1) is 0 Å². The molecule has 1 heterocycles. The van der Waals surface area contributed by atoms with Gasteiger partial charge in [0.25, 0.3) is 0 Å². The van der Waals surface area contributed by atoms with Crippen LogP contribution < -0.4 is 4.90 Å². The molecule has 0 aliphatic carbocycles. The first-order valence-electron chi connectivity index (χ1n) is 6.14. The van der Waals surface area contributed by atoms with Gasteiger partial charge in [0, 0.05) is 13.1 Å². The maximum atomic E-state index is 13.9. The molecule has 0 saturated carbocycles. The van der Waals surface area contributed by atoms with Crippen molar-refractivity contribution in [2.45, 2.75) is 19.8 Å². The number of aliphatic carboxylic acids is 1. The number of anilines is 1. The largest absolute Gasteiger partial charge is 0.481 e. The minimum absolute atomic E-state index is 0.263. The Morgan fingerprint density at radius 1 is 1.58 bits per heavy atom. The van der Waals surface area contributed by atoms with Crippen molar-refractivity contribution in [2.75, 3.05) is 18.0 Å². The summed E-state index contributed by atoms with van der Waals surface area (Å²) in [6, 6.07) is 6.15. The summed E-state index contributed by atoms with van der Waals surface area (Å²) in [7, 11) is 0. The van der Waals surface area contributed by atoms with Crippen LogP contribution in [0.25, 0.3) is 0 Å². The smallest absolute Gasteiger partial charge is 0.311 e. The highest BCUT2D eigenvalue weighted by atomic mass is 19.1. The van der Waals surface area contributed by atoms with E-state index in [0.29, 0.717) is 25.1 Å². The second-order valence-corrected chi connectivity index (χ2v) is 5.17. The molecule has 4 nitrogen and oxygen atoms in total. The van der Waals surface area contributed by atoms with Gasteiger partial charge in [0.2, 0.25) is 0 Å². The van der Waals surface area contributed by atoms with E-state index in [4.69, 9.17) is 5.26 Å². The Morgan fingerprint density at radius 2 is 2.32 bits per heavy atom. The first-order chi connectivity index (χ1) is 8.96. The lowest BCUT2D eigenvalue weighted by Crippen LogP contribution is -2.46. The average Bonchev–Trinajstić information content (AvgIpc) is 2.38. The predicted molar refractivity (Wildman–Crippen MR) is 68.3 cm³/mol. The number of rotatable bonds is 2. The molecule has 1 unspecified atom stereocenters. The second kappa shape index (κ2) is 4.88. The van der Waals surface area contributed by atoms with Crippen LogP contribution in [0.3, 0.4) is 0 Å². The lowest BCUT2D eigenvalue weighted by Gasteiger charge is -2.39. The first-order valence-corrected chi connectivity index (χ1v) is 6.14. The van der Waals surface area contributed by atoms with E-state index in [0.717, 1.165) is 0 Å². The Kier molecular flexibility index (Phi) is 3.43. The third kappa shape index (κ3) is 2.53. The first kappa shape index (κ1) is 13.3. The van der Waals surface area contributed by atoms with E-state index >= 15 is 0 Å². The van der Waals surface area contributed by atoms with Gasteiger partial charge in [-0.25, -0.2) is 4.39 Å². The van der Waals surface area contributed by atoms with E-state index in [1.54, 1.807) is 24.0 Å². The molecule has 2 rings (SSSR count). The zero-order valence-electron chi connectivity index (χ0n) is 10.7. The van der Waals surface area contributed by atoms with E-state index in [2.05, 4.69) is 0 Å². The Morgan fingerprint density at radius 3 is 2.89 bits per heavy atom. The van der Waals surface area contributed by atoms with Gasteiger partial charge >= 0.3 is 5.97 Å². The van der Waals surface area contributed by atoms with Crippen molar-refractivity contribution in [1.82, 2.24) is 0 Å². The second-order valence-electron chi connectivity index (χ2n) is 5.17. The van der Waals surface area contributed by atoms with Gasteiger partial charge in [-0.1, -0.05) is 0 Å². The van der Waals surface area contributed by atoms with E-state index in [1.807, 2.05) is 6.07 Å². The molecule has 0 spiro atoms. The number of carboxylic acids is 1. The summed E-state index contributed by atoms with van der Waals surface area (Å²) in [5.41, 5.74) is -0.219. The number of benzene rings is 1. The molecule has 1 aliphatic heterocycles. The van der Waals surface area contributed by atoms with Gasteiger partial charge in [-0.05, 0) is 38.0 Å². The number of nitrogens with zero attached hydrogens (tertiary/aromatic N) is 2. The quantitative estimate of drug-likeness (QED) is 0.888. The minimum atomic E-state index is -0.855. The number of hydrogen-bond acceptors (Lipinski definition) is 3. The van der Waals surface area contributed by atoms with Gasteiger partial charge in [-0.3, -0.25) is 4.79 Å². The van der Waals surface area contributed by atoms with Crippen molar-refractivity contribution >= 4 is 11.7 Å². The molecule has 19 heavy (non-hydrogen) atoms. The fraction of sp³-hybridized carbons (Fsp3) is 0.429. The summed E-state index contributed by atoms with van der Waals surface area (Å²) in [5.74, 6) is -1.33. The van der Waals surface area contributed by atoms with E-state index in [-0.39, 0.29) is 12.1 Å². The fourth-order valence-corrected chi connectivity index (χ4v) is 2.45. The van der Waals surface area contributed by atoms with Gasteiger partial charge < -0.3 is 10.0 Å². The van der Waals surface area contributed by atoms with Crippen molar-refractivity contribution in [3.63, 3.8) is 0 Å². The van der Waals surface area contributed by atoms with Crippen LogP contribution in [-0.4, -0.2) is 24.2 Å². The molecular formula is C14H15FN2O2. The third-order valence-corrected chi connectivity index (χ3v) is 3.63. The van der Waals surface area contributed by atoms with Gasteiger partial charge in [-0.2, -0.15) is 5.26 Å². The topological polar surface area (TPSA) is 64.3 Å². The van der Waals surface area contributed by atoms with Crippen LogP contribution in [0.15, 0.2) is 18.2 Å². The maximum absolute atomic E-state index is 13.9. The Labute approximate surface area is 111 Å². The summed E-state index contributed by atoms with van der Waals surface area (Å²) in [5, 5.41) is 18.0. The molecular weight excluding hydrogens is 247 g/mol. The highest BCUT2D eigenvalue weighted by molar-refractivity contribution is 5.75. The van der Waals surface area contributed by atoms with Crippen molar-refractivity contribution in [3.05, 3.63) is 29.6 Å². The van der Waals surface area contributed by atoms with E-state index < -0.39 is 17.2 Å². The molecule has 1 atom stereocenters. The Hall–Kier alpha value is -2.09. The Balaban J connectivity index is 2.28. The molecule has 0 aromatic heterocycles. The molecule has 1 aromatic carbocycles. The predicted octanol–water partition coefficient (Wildman–Crippen LogP) is 2.39. The summed E-state index contributed by atoms with van der Waals surface area (Å²) in [6.07, 6.45) is 1.30. The van der Waals surface area contributed by atoms with Crippen LogP contribution in [0.4, 0.5) is 10.1 Å². The molecule has 0 amide bonds. The van der Waals surface area contributed by atoms with Crippen LogP contribution in [-0.2, 0) is 4.79 Å². The normalized spacial score (nSPS) is 22.9. The number of piperidine rings is 1. The number of hydrogen-bond donors (Lipinski definition) is 1. The summed E-state index contributed by atoms with van der Waals surface area (Å²) in [6.45, 7) is 2.60. The van der Waals surface area contributed by atoms with Crippen molar-refractivity contribution in [3.8, 4) is 6.07 Å². The van der Waals surface area contributed by atoms with Crippen LogP contribution in [0.1, 0.15) is 25.3 Å². The highest BCUT2D eigenvalue weighted by Crippen LogP contribution is 2.33. The van der Waals surface area contributed by atoms with Crippen molar-refractivity contribution in [2.24, 2.45) is 5.41 Å². The summed E-state index contributed by atoms with van der Waals surface area (Å²) >= 11 is 0.